The van der Waals surface area contributed by atoms with Gasteiger partial charge in [0.2, 0.25) is 0 Å². The lowest BCUT2D eigenvalue weighted by Crippen LogP contribution is -2.43. The number of amides is 1. The SMILES string of the molecule is Cc1ccc(CCNC2CCN(c3ccc(C(=O)N4CCC[C@H](O)C4)cc3)CC2)cc1. The Morgan fingerprint density at radius 3 is 2.39 bits per heavy atom. The van der Waals surface area contributed by atoms with Crippen LogP contribution in [0, 0.1) is 6.92 Å². The number of nitrogens with zero attached hydrogens (tertiary/aromatic N) is 2. The number of hydrogen-bond donors (Lipinski definition) is 2. The largest absolute Gasteiger partial charge is 0.391 e. The summed E-state index contributed by atoms with van der Waals surface area (Å²) in [6.45, 7) is 6.41. The van der Waals surface area contributed by atoms with E-state index >= 15 is 0 Å². The third-order valence-electron chi connectivity index (χ3n) is 6.63. The molecule has 4 rings (SSSR count). The average Bonchev–Trinajstić information content (AvgIpc) is 2.80. The van der Waals surface area contributed by atoms with Crippen molar-refractivity contribution < 1.29 is 9.90 Å². The van der Waals surface area contributed by atoms with Crippen molar-refractivity contribution in [3.05, 3.63) is 65.2 Å². The molecule has 0 spiro atoms. The van der Waals surface area contributed by atoms with Crippen LogP contribution in [-0.4, -0.2) is 60.8 Å². The number of aliphatic hydroxyl groups excluding tert-OH is 1. The summed E-state index contributed by atoms with van der Waals surface area (Å²) in [5.41, 5.74) is 4.61. The molecule has 0 unspecified atom stereocenters. The summed E-state index contributed by atoms with van der Waals surface area (Å²) in [5.74, 6) is 0.0294. The lowest BCUT2D eigenvalue weighted by Gasteiger charge is -2.34. The fourth-order valence-corrected chi connectivity index (χ4v) is 4.65. The Labute approximate surface area is 186 Å². The van der Waals surface area contributed by atoms with E-state index in [1.54, 1.807) is 4.90 Å². The molecule has 0 saturated carbocycles. The Bertz CT molecular complexity index is 842. The molecule has 31 heavy (non-hydrogen) atoms. The van der Waals surface area contributed by atoms with Crippen molar-refractivity contribution in [2.75, 3.05) is 37.6 Å². The number of anilines is 1. The van der Waals surface area contributed by atoms with E-state index in [9.17, 15) is 9.90 Å². The molecule has 2 aliphatic heterocycles. The number of aliphatic hydroxyl groups is 1. The second kappa shape index (κ2) is 10.3. The van der Waals surface area contributed by atoms with Crippen molar-refractivity contribution in [1.82, 2.24) is 10.2 Å². The Kier molecular flexibility index (Phi) is 7.25. The molecule has 2 aromatic carbocycles. The van der Waals surface area contributed by atoms with E-state index < -0.39 is 0 Å². The highest BCUT2D eigenvalue weighted by Gasteiger charge is 2.23. The maximum atomic E-state index is 12.7. The topological polar surface area (TPSA) is 55.8 Å². The van der Waals surface area contributed by atoms with Crippen LogP contribution in [0.1, 0.15) is 47.2 Å². The van der Waals surface area contributed by atoms with Gasteiger partial charge in [0.25, 0.3) is 5.91 Å². The van der Waals surface area contributed by atoms with Gasteiger partial charge in [-0.2, -0.15) is 0 Å². The molecule has 0 radical (unpaired) electrons. The normalized spacial score (nSPS) is 20.1. The van der Waals surface area contributed by atoms with Crippen LogP contribution in [0.5, 0.6) is 0 Å². The lowest BCUT2D eigenvalue weighted by atomic mass is 10.0. The molecule has 0 aliphatic carbocycles. The molecule has 2 heterocycles. The number of rotatable bonds is 6. The summed E-state index contributed by atoms with van der Waals surface area (Å²) in [5, 5.41) is 13.6. The number of likely N-dealkylation sites (tertiary alicyclic amines) is 1. The van der Waals surface area contributed by atoms with E-state index in [1.807, 2.05) is 12.1 Å². The molecule has 2 aliphatic rings. The fraction of sp³-hybridized carbons (Fsp3) is 0.500. The van der Waals surface area contributed by atoms with Gasteiger partial charge in [-0.1, -0.05) is 29.8 Å². The van der Waals surface area contributed by atoms with Gasteiger partial charge >= 0.3 is 0 Å². The molecule has 2 fully saturated rings. The van der Waals surface area contributed by atoms with E-state index in [2.05, 4.69) is 53.5 Å². The van der Waals surface area contributed by atoms with Crippen LogP contribution in [0.25, 0.3) is 0 Å². The van der Waals surface area contributed by atoms with Crippen LogP contribution in [0.15, 0.2) is 48.5 Å². The van der Waals surface area contributed by atoms with Gasteiger partial charge < -0.3 is 20.2 Å². The summed E-state index contributed by atoms with van der Waals surface area (Å²) in [6.07, 6.45) is 4.63. The third-order valence-corrected chi connectivity index (χ3v) is 6.63. The lowest BCUT2D eigenvalue weighted by molar-refractivity contribution is 0.0474. The molecule has 0 bridgehead atoms. The molecular formula is C26H35N3O2. The van der Waals surface area contributed by atoms with Gasteiger partial charge in [0, 0.05) is 43.5 Å². The van der Waals surface area contributed by atoms with E-state index in [4.69, 9.17) is 0 Å². The van der Waals surface area contributed by atoms with Crippen molar-refractivity contribution in [3.8, 4) is 0 Å². The van der Waals surface area contributed by atoms with Crippen molar-refractivity contribution in [2.45, 2.75) is 51.2 Å². The Morgan fingerprint density at radius 2 is 1.71 bits per heavy atom. The van der Waals surface area contributed by atoms with Gasteiger partial charge in [0.1, 0.15) is 0 Å². The molecule has 0 aromatic heterocycles. The van der Waals surface area contributed by atoms with E-state index in [-0.39, 0.29) is 12.0 Å². The first-order chi connectivity index (χ1) is 15.1. The van der Waals surface area contributed by atoms with Crippen LogP contribution in [-0.2, 0) is 6.42 Å². The summed E-state index contributed by atoms with van der Waals surface area (Å²) < 4.78 is 0. The molecule has 166 valence electrons. The minimum Gasteiger partial charge on any atom is -0.391 e. The number of carbonyl (C=O) groups is 1. The molecule has 2 N–H and O–H groups in total. The van der Waals surface area contributed by atoms with Gasteiger partial charge in [-0.15, -0.1) is 0 Å². The zero-order valence-corrected chi connectivity index (χ0v) is 18.6. The van der Waals surface area contributed by atoms with Crippen molar-refractivity contribution in [1.29, 1.82) is 0 Å². The molecule has 2 aromatic rings. The smallest absolute Gasteiger partial charge is 0.253 e. The highest BCUT2D eigenvalue weighted by Crippen LogP contribution is 2.22. The minimum absolute atomic E-state index is 0.0294. The second-order valence-electron chi connectivity index (χ2n) is 9.05. The summed E-state index contributed by atoms with van der Waals surface area (Å²) in [6, 6.07) is 17.4. The number of aryl methyl sites for hydroxylation is 1. The van der Waals surface area contributed by atoms with E-state index in [0.717, 1.165) is 58.3 Å². The molecule has 5 nitrogen and oxygen atoms in total. The standard InChI is InChI=1S/C26H35N3O2/c1-20-4-6-21(7-5-20)12-15-27-23-13-17-28(18-14-23)24-10-8-22(9-11-24)26(31)29-16-2-3-25(30)19-29/h4-11,23,25,27,30H,2-3,12-19H2,1H3/t25-/m0/s1. The molecular weight excluding hydrogens is 386 g/mol. The number of piperidine rings is 2. The number of hydrogen-bond acceptors (Lipinski definition) is 4. The van der Waals surface area contributed by atoms with Crippen LogP contribution < -0.4 is 10.2 Å². The molecule has 1 atom stereocenters. The van der Waals surface area contributed by atoms with Gasteiger partial charge in [-0.25, -0.2) is 0 Å². The molecule has 2 saturated heterocycles. The fourth-order valence-electron chi connectivity index (χ4n) is 4.65. The number of benzene rings is 2. The zero-order valence-electron chi connectivity index (χ0n) is 18.6. The average molecular weight is 422 g/mol. The monoisotopic (exact) mass is 421 g/mol. The van der Waals surface area contributed by atoms with Crippen molar-refractivity contribution in [3.63, 3.8) is 0 Å². The first-order valence-corrected chi connectivity index (χ1v) is 11.7. The van der Waals surface area contributed by atoms with Crippen molar-refractivity contribution in [2.24, 2.45) is 0 Å². The second-order valence-corrected chi connectivity index (χ2v) is 9.05. The number of β-amino-alcohol motifs (C(OH)–C–C–N with tert-alkyl or cyclic N) is 1. The molecule has 5 heteroatoms. The maximum absolute atomic E-state index is 12.7. The van der Waals surface area contributed by atoms with E-state index in [1.165, 1.54) is 16.8 Å². The third kappa shape index (κ3) is 5.86. The number of carbonyl (C=O) groups excluding carboxylic acids is 1. The number of nitrogens with one attached hydrogen (secondary N) is 1. The highest BCUT2D eigenvalue weighted by molar-refractivity contribution is 5.94. The first-order valence-electron chi connectivity index (χ1n) is 11.7. The Morgan fingerprint density at radius 1 is 1.00 bits per heavy atom. The van der Waals surface area contributed by atoms with Crippen molar-refractivity contribution >= 4 is 11.6 Å². The Hall–Kier alpha value is -2.37. The summed E-state index contributed by atoms with van der Waals surface area (Å²) in [7, 11) is 0. The van der Waals surface area contributed by atoms with Crippen LogP contribution in [0.4, 0.5) is 5.69 Å². The van der Waals surface area contributed by atoms with E-state index in [0.29, 0.717) is 18.2 Å². The van der Waals surface area contributed by atoms with Gasteiger partial charge in [-0.05, 0) is 75.4 Å². The molecule has 1 amide bonds. The van der Waals surface area contributed by atoms with Gasteiger partial charge in [0.05, 0.1) is 6.10 Å². The first kappa shape index (κ1) is 21.8. The zero-order chi connectivity index (χ0) is 21.6. The highest BCUT2D eigenvalue weighted by atomic mass is 16.3. The van der Waals surface area contributed by atoms with Crippen LogP contribution in [0.2, 0.25) is 0 Å². The van der Waals surface area contributed by atoms with Crippen LogP contribution >= 0.6 is 0 Å². The van der Waals surface area contributed by atoms with Gasteiger partial charge in [0.15, 0.2) is 0 Å². The predicted molar refractivity (Wildman–Crippen MR) is 126 cm³/mol. The maximum Gasteiger partial charge on any atom is 0.253 e. The summed E-state index contributed by atoms with van der Waals surface area (Å²) >= 11 is 0. The van der Waals surface area contributed by atoms with Crippen LogP contribution in [0.3, 0.4) is 0 Å². The van der Waals surface area contributed by atoms with Gasteiger partial charge in [-0.3, -0.25) is 4.79 Å². The predicted octanol–water partition coefficient (Wildman–Crippen LogP) is 3.39. The summed E-state index contributed by atoms with van der Waals surface area (Å²) in [4.78, 5) is 16.9. The quantitative estimate of drug-likeness (QED) is 0.751. The minimum atomic E-state index is -0.385. The Balaban J connectivity index is 1.22.